The van der Waals surface area contributed by atoms with Crippen LogP contribution in [0.15, 0.2) is 87.0 Å². The second kappa shape index (κ2) is 9.98. The van der Waals surface area contributed by atoms with E-state index in [9.17, 15) is 4.79 Å². The first-order valence-electron chi connectivity index (χ1n) is 9.73. The van der Waals surface area contributed by atoms with Crippen molar-refractivity contribution in [3.63, 3.8) is 0 Å². The summed E-state index contributed by atoms with van der Waals surface area (Å²) < 4.78 is 8.34. The van der Waals surface area contributed by atoms with Crippen molar-refractivity contribution in [1.82, 2.24) is 19.7 Å². The monoisotopic (exact) mass is 496 g/mol. The Balaban J connectivity index is 1.55. The molecule has 158 valence electrons. The van der Waals surface area contributed by atoms with Crippen molar-refractivity contribution in [3.8, 4) is 11.4 Å². The molecular weight excluding hydrogens is 476 g/mol. The van der Waals surface area contributed by atoms with Crippen LogP contribution in [0.1, 0.15) is 11.3 Å². The predicted molar refractivity (Wildman–Crippen MR) is 125 cm³/mol. The van der Waals surface area contributed by atoms with Crippen LogP contribution in [0.3, 0.4) is 0 Å². The summed E-state index contributed by atoms with van der Waals surface area (Å²) >= 11 is 5.00. The molecule has 0 aliphatic rings. The van der Waals surface area contributed by atoms with Crippen LogP contribution in [-0.4, -0.2) is 38.4 Å². The van der Waals surface area contributed by atoms with Gasteiger partial charge in [-0.3, -0.25) is 9.36 Å². The number of carbonyl (C=O) groups excluding carboxylic acids is 1. The molecule has 0 spiro atoms. The average molecular weight is 497 g/mol. The van der Waals surface area contributed by atoms with E-state index in [0.29, 0.717) is 18.2 Å². The molecule has 1 amide bonds. The molecule has 0 aliphatic carbocycles. The van der Waals surface area contributed by atoms with Gasteiger partial charge in [0.1, 0.15) is 5.76 Å². The zero-order valence-electron chi connectivity index (χ0n) is 16.9. The minimum absolute atomic E-state index is 0.00176. The second-order valence-electron chi connectivity index (χ2n) is 6.98. The molecule has 0 radical (unpaired) electrons. The van der Waals surface area contributed by atoms with Gasteiger partial charge in [-0.15, -0.1) is 10.2 Å². The Morgan fingerprint density at radius 3 is 2.58 bits per heavy atom. The van der Waals surface area contributed by atoms with Crippen LogP contribution in [0.5, 0.6) is 0 Å². The van der Waals surface area contributed by atoms with Gasteiger partial charge in [0, 0.05) is 17.1 Å². The van der Waals surface area contributed by atoms with Gasteiger partial charge >= 0.3 is 0 Å². The summed E-state index contributed by atoms with van der Waals surface area (Å²) in [6.45, 7) is 1.05. The molecule has 0 unspecified atom stereocenters. The minimum Gasteiger partial charge on any atom is -0.467 e. The first kappa shape index (κ1) is 21.4. The number of hydrogen-bond acceptors (Lipinski definition) is 5. The number of hydrogen-bond donors (Lipinski definition) is 0. The van der Waals surface area contributed by atoms with Crippen LogP contribution in [0.2, 0.25) is 0 Å². The van der Waals surface area contributed by atoms with Crippen LogP contribution < -0.4 is 0 Å². The largest absolute Gasteiger partial charge is 0.467 e. The third kappa shape index (κ3) is 5.26. The molecule has 6 nitrogen and oxygen atoms in total. The summed E-state index contributed by atoms with van der Waals surface area (Å²) in [5, 5.41) is 9.55. The van der Waals surface area contributed by atoms with E-state index in [-0.39, 0.29) is 11.7 Å². The highest BCUT2D eigenvalue weighted by molar-refractivity contribution is 9.10. The molecule has 2 aromatic heterocycles. The van der Waals surface area contributed by atoms with Gasteiger partial charge in [0.15, 0.2) is 11.0 Å². The summed E-state index contributed by atoms with van der Waals surface area (Å²) in [5.41, 5.74) is 2.10. The summed E-state index contributed by atoms with van der Waals surface area (Å²) in [5.74, 6) is 1.78. The summed E-state index contributed by atoms with van der Waals surface area (Å²) in [7, 11) is 1.77. The Labute approximate surface area is 193 Å². The quantitative estimate of drug-likeness (QED) is 0.317. The van der Waals surface area contributed by atoms with Gasteiger partial charge in [-0.1, -0.05) is 76.2 Å². The maximum Gasteiger partial charge on any atom is 0.233 e. The number of thioether (sulfide) groups is 1. The van der Waals surface area contributed by atoms with E-state index in [1.165, 1.54) is 11.8 Å². The number of rotatable bonds is 8. The SMILES string of the molecule is CN(Cc1ccco1)C(=O)CSc1nnc(-c2ccccc2Br)n1Cc1ccccc1. The Morgan fingerprint density at radius 1 is 1.06 bits per heavy atom. The lowest BCUT2D eigenvalue weighted by Gasteiger charge is -2.16. The number of aromatic nitrogens is 3. The van der Waals surface area contributed by atoms with Gasteiger partial charge in [0.05, 0.1) is 25.1 Å². The van der Waals surface area contributed by atoms with Crippen molar-refractivity contribution in [2.75, 3.05) is 12.8 Å². The van der Waals surface area contributed by atoms with Crippen LogP contribution in [0, 0.1) is 0 Å². The van der Waals surface area contributed by atoms with Crippen molar-refractivity contribution >= 4 is 33.6 Å². The summed E-state index contributed by atoms with van der Waals surface area (Å²) in [6, 6.07) is 21.8. The standard InChI is InChI=1S/C23H21BrN4O2S/c1-27(15-18-10-7-13-30-18)21(29)16-31-23-26-25-22(19-11-5-6-12-20(19)24)28(23)14-17-8-3-2-4-9-17/h2-13H,14-16H2,1H3. The molecule has 8 heteroatoms. The molecule has 2 aromatic carbocycles. The summed E-state index contributed by atoms with van der Waals surface area (Å²) in [4.78, 5) is 14.3. The number of amides is 1. The molecule has 2 heterocycles. The Hall–Kier alpha value is -2.84. The van der Waals surface area contributed by atoms with Crippen molar-refractivity contribution in [2.45, 2.75) is 18.2 Å². The van der Waals surface area contributed by atoms with E-state index in [1.807, 2.05) is 54.6 Å². The van der Waals surface area contributed by atoms with Crippen LogP contribution in [0.25, 0.3) is 11.4 Å². The molecule has 31 heavy (non-hydrogen) atoms. The highest BCUT2D eigenvalue weighted by Crippen LogP contribution is 2.30. The smallest absolute Gasteiger partial charge is 0.233 e. The summed E-state index contributed by atoms with van der Waals surface area (Å²) in [6.07, 6.45) is 1.61. The van der Waals surface area contributed by atoms with E-state index in [2.05, 4.69) is 42.8 Å². The van der Waals surface area contributed by atoms with E-state index >= 15 is 0 Å². The number of furan rings is 1. The first-order chi connectivity index (χ1) is 15.1. The lowest BCUT2D eigenvalue weighted by molar-refractivity contribution is -0.127. The van der Waals surface area contributed by atoms with E-state index in [4.69, 9.17) is 4.42 Å². The molecule has 4 aromatic rings. The van der Waals surface area contributed by atoms with E-state index in [0.717, 1.165) is 27.2 Å². The molecule has 0 N–H and O–H groups in total. The molecule has 0 saturated heterocycles. The molecule has 0 fully saturated rings. The third-order valence-corrected chi connectivity index (χ3v) is 6.38. The lowest BCUT2D eigenvalue weighted by atomic mass is 10.2. The van der Waals surface area contributed by atoms with Gasteiger partial charge in [0.2, 0.25) is 5.91 Å². The molecular formula is C23H21BrN4O2S. The van der Waals surface area contributed by atoms with Crippen LogP contribution in [0.4, 0.5) is 0 Å². The number of nitrogens with zero attached hydrogens (tertiary/aromatic N) is 4. The fourth-order valence-electron chi connectivity index (χ4n) is 3.11. The van der Waals surface area contributed by atoms with Gasteiger partial charge in [-0.05, 0) is 23.8 Å². The van der Waals surface area contributed by atoms with Crippen molar-refractivity contribution in [3.05, 3.63) is 88.8 Å². The topological polar surface area (TPSA) is 64.2 Å². The van der Waals surface area contributed by atoms with Crippen LogP contribution >= 0.6 is 27.7 Å². The number of carbonyl (C=O) groups is 1. The first-order valence-corrected chi connectivity index (χ1v) is 11.5. The maximum absolute atomic E-state index is 12.6. The van der Waals surface area contributed by atoms with Crippen molar-refractivity contribution in [2.24, 2.45) is 0 Å². The zero-order chi connectivity index (χ0) is 21.6. The fraction of sp³-hybridized carbons (Fsp3) is 0.174. The van der Waals surface area contributed by atoms with Crippen LogP contribution in [-0.2, 0) is 17.9 Å². The van der Waals surface area contributed by atoms with Crippen molar-refractivity contribution in [1.29, 1.82) is 0 Å². The highest BCUT2D eigenvalue weighted by Gasteiger charge is 2.19. The minimum atomic E-state index is -0.00176. The number of halogens is 1. The van der Waals surface area contributed by atoms with Crippen molar-refractivity contribution < 1.29 is 9.21 Å². The zero-order valence-corrected chi connectivity index (χ0v) is 19.3. The van der Waals surface area contributed by atoms with E-state index in [1.54, 1.807) is 18.2 Å². The van der Waals surface area contributed by atoms with Gasteiger partial charge in [0.25, 0.3) is 0 Å². The predicted octanol–water partition coefficient (Wildman–Crippen LogP) is 5.10. The van der Waals surface area contributed by atoms with Gasteiger partial charge < -0.3 is 9.32 Å². The molecule has 4 rings (SSSR count). The highest BCUT2D eigenvalue weighted by atomic mass is 79.9. The Bertz CT molecular complexity index is 1150. The molecule has 0 saturated carbocycles. The Morgan fingerprint density at radius 2 is 1.84 bits per heavy atom. The van der Waals surface area contributed by atoms with E-state index < -0.39 is 0 Å². The Kier molecular flexibility index (Phi) is 6.89. The fourth-order valence-corrected chi connectivity index (χ4v) is 4.45. The lowest BCUT2D eigenvalue weighted by Crippen LogP contribution is -2.27. The normalized spacial score (nSPS) is 10.9. The van der Waals surface area contributed by atoms with Gasteiger partial charge in [-0.2, -0.15) is 0 Å². The molecule has 0 atom stereocenters. The maximum atomic E-state index is 12.6. The second-order valence-corrected chi connectivity index (χ2v) is 8.77. The third-order valence-electron chi connectivity index (χ3n) is 4.74. The molecule has 0 aliphatic heterocycles. The van der Waals surface area contributed by atoms with Gasteiger partial charge in [-0.25, -0.2) is 0 Å². The molecule has 0 bridgehead atoms. The average Bonchev–Trinajstić information content (AvgIpc) is 3.43. The number of benzene rings is 2.